The van der Waals surface area contributed by atoms with Crippen LogP contribution in [-0.2, 0) is 4.74 Å². The van der Waals surface area contributed by atoms with Crippen molar-refractivity contribution in [3.63, 3.8) is 0 Å². The van der Waals surface area contributed by atoms with E-state index in [2.05, 4.69) is 0 Å². The molecule has 0 aliphatic rings. The van der Waals surface area contributed by atoms with Crippen molar-refractivity contribution in [2.45, 2.75) is 6.92 Å². The smallest absolute Gasteiger partial charge is 1.00 e. The molecule has 2 rings (SSSR count). The fraction of sp³-hybridized carbons (Fsp3) is 0.235. The summed E-state index contributed by atoms with van der Waals surface area (Å²) in [6.07, 6.45) is 0. The van der Waals surface area contributed by atoms with Crippen molar-refractivity contribution >= 4 is 42.6 Å². The molecule has 1 unspecified atom stereocenters. The fourth-order valence-electron chi connectivity index (χ4n) is 2.01. The Morgan fingerprint density at radius 1 is 1.17 bits per heavy atom. The molecule has 0 fully saturated rings. The van der Waals surface area contributed by atoms with Gasteiger partial charge in [-0.2, -0.15) is 0 Å². The minimum Gasteiger partial charge on any atom is -1.00 e. The van der Waals surface area contributed by atoms with Gasteiger partial charge in [-0.05, 0) is 50.6 Å². The maximum atomic E-state index is 12.5. The van der Waals surface area contributed by atoms with E-state index in [0.29, 0.717) is 28.8 Å². The van der Waals surface area contributed by atoms with Crippen LogP contribution in [0.2, 0.25) is 10.0 Å². The first kappa shape index (κ1) is 21.5. The van der Waals surface area contributed by atoms with E-state index < -0.39 is 0 Å². The van der Waals surface area contributed by atoms with Crippen molar-refractivity contribution in [1.82, 2.24) is 0 Å². The van der Waals surface area contributed by atoms with Crippen LogP contribution in [0.15, 0.2) is 36.4 Å². The number of hydrogen-bond acceptors (Lipinski definition) is 3. The number of carbonyl (C=O) groups excluding carboxylic acids is 1. The first-order valence-corrected chi connectivity index (χ1v) is 8.76. The molecule has 0 saturated carbocycles. The van der Waals surface area contributed by atoms with Crippen LogP contribution in [-0.4, -0.2) is 25.8 Å². The standard InChI is InChI=1S/C17H17Cl2O3P.Li.H/c1-11-10-12(22-9-8-21-2)6-7-15(11)23-17(20)16-13(18)4-3-5-14(16)19;;/h3-7,10,23H,8-9H2,1-2H3;;/q;+1;-1. The van der Waals surface area contributed by atoms with Crippen LogP contribution in [0, 0.1) is 6.92 Å². The zero-order valence-electron chi connectivity index (χ0n) is 14.9. The van der Waals surface area contributed by atoms with E-state index in [-0.39, 0.29) is 34.4 Å². The first-order valence-electron chi connectivity index (χ1n) is 7.00. The van der Waals surface area contributed by atoms with Gasteiger partial charge in [-0.3, -0.25) is 4.79 Å². The third-order valence-corrected chi connectivity index (χ3v) is 5.13. The van der Waals surface area contributed by atoms with E-state index >= 15 is 0 Å². The van der Waals surface area contributed by atoms with Gasteiger partial charge < -0.3 is 10.9 Å². The van der Waals surface area contributed by atoms with E-state index in [9.17, 15) is 4.79 Å². The van der Waals surface area contributed by atoms with Crippen LogP contribution in [0.1, 0.15) is 17.3 Å². The molecule has 7 heteroatoms. The molecule has 24 heavy (non-hydrogen) atoms. The number of halogens is 2. The van der Waals surface area contributed by atoms with Gasteiger partial charge >= 0.3 is 18.9 Å². The van der Waals surface area contributed by atoms with Gasteiger partial charge in [0.05, 0.1) is 22.2 Å². The van der Waals surface area contributed by atoms with Crippen molar-refractivity contribution in [3.05, 3.63) is 57.6 Å². The Morgan fingerprint density at radius 3 is 2.42 bits per heavy atom. The molecule has 0 aliphatic carbocycles. The summed E-state index contributed by atoms with van der Waals surface area (Å²) in [5.74, 6) is 0.760. The molecular formula is C17H18Cl2LiO3P. The Morgan fingerprint density at radius 2 is 1.83 bits per heavy atom. The van der Waals surface area contributed by atoms with Crippen molar-refractivity contribution < 1.29 is 34.6 Å². The monoisotopic (exact) mass is 378 g/mol. The summed E-state index contributed by atoms with van der Waals surface area (Å²) in [6.45, 7) is 2.98. The molecule has 0 radical (unpaired) electrons. The van der Waals surface area contributed by atoms with Gasteiger partial charge in [0.15, 0.2) is 5.52 Å². The molecule has 0 bridgehead atoms. The average Bonchev–Trinajstić information content (AvgIpc) is 2.50. The molecule has 0 aromatic heterocycles. The SMILES string of the molecule is COCCOc1ccc(PC(=O)c2c(Cl)cccc2Cl)c(C)c1.[H-].[Li+]. The van der Waals surface area contributed by atoms with Crippen LogP contribution < -0.4 is 28.9 Å². The molecule has 0 spiro atoms. The minimum absolute atomic E-state index is 0. The summed E-state index contributed by atoms with van der Waals surface area (Å²) in [6, 6.07) is 10.7. The van der Waals surface area contributed by atoms with E-state index in [1.54, 1.807) is 25.3 Å². The number of ether oxygens (including phenoxy) is 2. The van der Waals surface area contributed by atoms with Gasteiger partial charge in [0.1, 0.15) is 12.4 Å². The van der Waals surface area contributed by atoms with Gasteiger partial charge in [-0.1, -0.05) is 35.3 Å². The first-order chi connectivity index (χ1) is 11.0. The predicted molar refractivity (Wildman–Crippen MR) is 98.4 cm³/mol. The summed E-state index contributed by atoms with van der Waals surface area (Å²) in [4.78, 5) is 12.5. The third kappa shape index (κ3) is 5.78. The number of methoxy groups -OCH3 is 1. The average molecular weight is 379 g/mol. The summed E-state index contributed by atoms with van der Waals surface area (Å²) in [5.41, 5.74) is 1.31. The fourth-order valence-corrected chi connectivity index (χ4v) is 3.81. The van der Waals surface area contributed by atoms with Crippen LogP contribution in [0.25, 0.3) is 0 Å². The second kappa shape index (κ2) is 10.5. The molecule has 1 atom stereocenters. The molecule has 2 aromatic rings. The van der Waals surface area contributed by atoms with Crippen LogP contribution in [0.5, 0.6) is 5.75 Å². The second-order valence-corrected chi connectivity index (χ2v) is 6.93. The predicted octanol–water partition coefficient (Wildman–Crippen LogP) is 1.59. The van der Waals surface area contributed by atoms with Crippen LogP contribution >= 0.6 is 31.8 Å². The number of benzene rings is 2. The van der Waals surface area contributed by atoms with E-state index in [4.69, 9.17) is 32.7 Å². The van der Waals surface area contributed by atoms with Gasteiger partial charge in [0.2, 0.25) is 0 Å². The molecule has 0 N–H and O–H groups in total. The summed E-state index contributed by atoms with van der Waals surface area (Å²) in [7, 11) is 1.59. The zero-order valence-corrected chi connectivity index (χ0v) is 16.4. The molecule has 3 nitrogen and oxygen atoms in total. The Labute approximate surface area is 167 Å². The third-order valence-electron chi connectivity index (χ3n) is 3.19. The molecule has 0 amide bonds. The van der Waals surface area contributed by atoms with Crippen molar-refractivity contribution in [1.29, 1.82) is 0 Å². The normalized spacial score (nSPS) is 10.7. The summed E-state index contributed by atoms with van der Waals surface area (Å²) >= 11 is 12.2. The molecule has 124 valence electrons. The number of rotatable bonds is 7. The Hall–Kier alpha value is -0.523. The number of aryl methyl sites for hydroxylation is 1. The van der Waals surface area contributed by atoms with Gasteiger partial charge in [-0.15, -0.1) is 0 Å². The van der Waals surface area contributed by atoms with E-state index in [0.717, 1.165) is 16.6 Å². The van der Waals surface area contributed by atoms with Crippen molar-refractivity contribution in [2.75, 3.05) is 20.3 Å². The number of carbonyl (C=O) groups is 1. The Bertz CT molecular complexity index is 696. The van der Waals surface area contributed by atoms with Crippen LogP contribution in [0.3, 0.4) is 0 Å². The summed E-state index contributed by atoms with van der Waals surface area (Å²) in [5, 5.41) is 1.71. The van der Waals surface area contributed by atoms with Crippen molar-refractivity contribution in [2.24, 2.45) is 0 Å². The van der Waals surface area contributed by atoms with E-state index in [1.807, 2.05) is 25.1 Å². The maximum absolute atomic E-state index is 12.5. The quantitative estimate of drug-likeness (QED) is 0.417. The topological polar surface area (TPSA) is 35.5 Å². The molecule has 0 saturated heterocycles. The van der Waals surface area contributed by atoms with Crippen LogP contribution in [0.4, 0.5) is 0 Å². The van der Waals surface area contributed by atoms with Crippen molar-refractivity contribution in [3.8, 4) is 5.75 Å². The molecule has 0 heterocycles. The minimum atomic E-state index is -0.0725. The maximum Gasteiger partial charge on any atom is 1.00 e. The van der Waals surface area contributed by atoms with Gasteiger partial charge in [-0.25, -0.2) is 0 Å². The number of hydrogen-bond donors (Lipinski definition) is 0. The zero-order chi connectivity index (χ0) is 16.8. The Kier molecular flexibility index (Phi) is 9.38. The molecular weight excluding hydrogens is 361 g/mol. The second-order valence-electron chi connectivity index (χ2n) is 4.87. The largest absolute Gasteiger partial charge is 1.00 e. The Balaban J connectivity index is 0.00000288. The summed E-state index contributed by atoms with van der Waals surface area (Å²) < 4.78 is 10.5. The molecule has 2 aromatic carbocycles. The van der Waals surface area contributed by atoms with Gasteiger partial charge in [0.25, 0.3) is 0 Å². The van der Waals surface area contributed by atoms with Gasteiger partial charge in [0, 0.05) is 7.11 Å². The van der Waals surface area contributed by atoms with E-state index in [1.165, 1.54) is 0 Å². The molecule has 0 aliphatic heterocycles.